The fourth-order valence-electron chi connectivity index (χ4n) is 2.45. The minimum absolute atomic E-state index is 0.0560. The van der Waals surface area contributed by atoms with Crippen molar-refractivity contribution in [1.82, 2.24) is 5.32 Å². The van der Waals surface area contributed by atoms with Gasteiger partial charge in [-0.25, -0.2) is 4.79 Å². The van der Waals surface area contributed by atoms with Crippen molar-refractivity contribution in [2.75, 3.05) is 12.3 Å². The molecule has 0 saturated heterocycles. The number of benzene rings is 1. The summed E-state index contributed by atoms with van der Waals surface area (Å²) in [5.41, 5.74) is 5.89. The maximum Gasteiger partial charge on any atom is 0.340 e. The predicted molar refractivity (Wildman–Crippen MR) is 77.8 cm³/mol. The third-order valence-electron chi connectivity index (χ3n) is 3.56. The molecule has 6 nitrogen and oxygen atoms in total. The third kappa shape index (κ3) is 4.37. The van der Waals surface area contributed by atoms with Gasteiger partial charge in [-0.1, -0.05) is 19.3 Å². The van der Waals surface area contributed by atoms with Crippen LogP contribution in [0.4, 0.5) is 5.69 Å². The van der Waals surface area contributed by atoms with E-state index < -0.39 is 5.97 Å². The average Bonchev–Trinajstić information content (AvgIpc) is 2.48. The van der Waals surface area contributed by atoms with Gasteiger partial charge in [-0.15, -0.1) is 0 Å². The Labute approximate surface area is 123 Å². The van der Waals surface area contributed by atoms with Crippen LogP contribution in [-0.4, -0.2) is 29.6 Å². The van der Waals surface area contributed by atoms with Crippen LogP contribution in [0.3, 0.4) is 0 Å². The summed E-state index contributed by atoms with van der Waals surface area (Å²) in [5.74, 6) is -1.11. The van der Waals surface area contributed by atoms with Crippen LogP contribution in [0.5, 0.6) is 5.75 Å². The second kappa shape index (κ2) is 6.97. The van der Waals surface area contributed by atoms with Crippen LogP contribution >= 0.6 is 0 Å². The molecule has 1 amide bonds. The fourth-order valence-corrected chi connectivity index (χ4v) is 2.45. The summed E-state index contributed by atoms with van der Waals surface area (Å²) in [6.07, 6.45) is 5.38. The summed E-state index contributed by atoms with van der Waals surface area (Å²) < 4.78 is 4.93. The molecular weight excluding hydrogens is 272 g/mol. The topological polar surface area (TPSA) is 102 Å². The van der Waals surface area contributed by atoms with E-state index in [-0.39, 0.29) is 35.6 Å². The zero-order valence-corrected chi connectivity index (χ0v) is 11.8. The lowest BCUT2D eigenvalue weighted by Gasteiger charge is -2.22. The third-order valence-corrected chi connectivity index (χ3v) is 3.56. The van der Waals surface area contributed by atoms with E-state index in [1.807, 2.05) is 0 Å². The minimum Gasteiger partial charge on any atom is -0.508 e. The molecule has 1 aliphatic carbocycles. The van der Waals surface area contributed by atoms with E-state index in [1.165, 1.54) is 24.6 Å². The molecule has 1 saturated carbocycles. The van der Waals surface area contributed by atoms with E-state index in [0.29, 0.717) is 0 Å². The molecule has 21 heavy (non-hydrogen) atoms. The molecule has 0 aromatic heterocycles. The highest BCUT2D eigenvalue weighted by Gasteiger charge is 2.18. The molecule has 1 fully saturated rings. The van der Waals surface area contributed by atoms with Gasteiger partial charge in [0.2, 0.25) is 0 Å². The van der Waals surface area contributed by atoms with Gasteiger partial charge in [0, 0.05) is 11.7 Å². The van der Waals surface area contributed by atoms with Crippen molar-refractivity contribution in [3.63, 3.8) is 0 Å². The number of aromatic hydroxyl groups is 1. The number of amides is 1. The van der Waals surface area contributed by atoms with Crippen molar-refractivity contribution in [3.05, 3.63) is 23.8 Å². The predicted octanol–water partition coefficient (Wildman–Crippen LogP) is 1.58. The van der Waals surface area contributed by atoms with Crippen molar-refractivity contribution < 1.29 is 19.4 Å². The molecule has 1 aromatic rings. The highest BCUT2D eigenvalue weighted by molar-refractivity contribution is 5.96. The summed E-state index contributed by atoms with van der Waals surface area (Å²) in [5, 5.41) is 12.2. The fraction of sp³-hybridized carbons (Fsp3) is 0.467. The van der Waals surface area contributed by atoms with E-state index >= 15 is 0 Å². The van der Waals surface area contributed by atoms with Crippen LogP contribution in [0.25, 0.3) is 0 Å². The molecule has 0 bridgehead atoms. The van der Waals surface area contributed by atoms with E-state index in [4.69, 9.17) is 10.5 Å². The maximum absolute atomic E-state index is 11.8. The van der Waals surface area contributed by atoms with E-state index in [9.17, 15) is 14.7 Å². The monoisotopic (exact) mass is 292 g/mol. The van der Waals surface area contributed by atoms with E-state index in [0.717, 1.165) is 25.7 Å². The molecule has 0 aliphatic heterocycles. The van der Waals surface area contributed by atoms with Gasteiger partial charge in [0.25, 0.3) is 5.91 Å². The molecule has 1 aromatic carbocycles. The number of nitrogens with one attached hydrogen (secondary N) is 1. The Bertz CT molecular complexity index is 524. The second-order valence-electron chi connectivity index (χ2n) is 5.25. The maximum atomic E-state index is 11.8. The summed E-state index contributed by atoms with van der Waals surface area (Å²) in [6.45, 7) is -0.343. The normalized spacial score (nSPS) is 15.4. The molecule has 0 atom stereocenters. The molecule has 114 valence electrons. The molecule has 2 rings (SSSR count). The number of esters is 1. The number of carbonyl (C=O) groups excluding carboxylic acids is 2. The Hall–Kier alpha value is -2.24. The van der Waals surface area contributed by atoms with Crippen molar-refractivity contribution in [3.8, 4) is 5.75 Å². The number of nitrogens with two attached hydrogens (primary N) is 1. The molecule has 0 radical (unpaired) electrons. The number of ether oxygens (including phenoxy) is 1. The highest BCUT2D eigenvalue weighted by Crippen LogP contribution is 2.19. The number of phenolic OH excluding ortho intramolecular Hbond substituents is 1. The average molecular weight is 292 g/mol. The number of phenols is 1. The van der Waals surface area contributed by atoms with Gasteiger partial charge < -0.3 is 20.9 Å². The molecule has 1 aliphatic rings. The largest absolute Gasteiger partial charge is 0.508 e. The van der Waals surface area contributed by atoms with E-state index in [1.54, 1.807) is 0 Å². The van der Waals surface area contributed by atoms with Crippen LogP contribution in [-0.2, 0) is 9.53 Å². The number of nitrogen functional groups attached to an aromatic ring is 1. The number of hydrogen-bond acceptors (Lipinski definition) is 5. The van der Waals surface area contributed by atoms with Gasteiger partial charge in [-0.2, -0.15) is 0 Å². The molecule has 6 heteroatoms. The van der Waals surface area contributed by atoms with Crippen LogP contribution in [0.15, 0.2) is 18.2 Å². The lowest BCUT2D eigenvalue weighted by Crippen LogP contribution is -2.38. The Morgan fingerprint density at radius 2 is 2.00 bits per heavy atom. The molecule has 0 unspecified atom stereocenters. The van der Waals surface area contributed by atoms with Gasteiger partial charge in [-0.3, -0.25) is 4.79 Å². The van der Waals surface area contributed by atoms with Gasteiger partial charge in [0.05, 0.1) is 5.56 Å². The van der Waals surface area contributed by atoms with Crippen molar-refractivity contribution >= 4 is 17.6 Å². The van der Waals surface area contributed by atoms with Gasteiger partial charge in [-0.05, 0) is 31.0 Å². The second-order valence-corrected chi connectivity index (χ2v) is 5.25. The first-order valence-corrected chi connectivity index (χ1v) is 7.11. The summed E-state index contributed by atoms with van der Waals surface area (Å²) >= 11 is 0. The molecule has 0 heterocycles. The van der Waals surface area contributed by atoms with Crippen LogP contribution in [0.2, 0.25) is 0 Å². The number of rotatable bonds is 4. The smallest absolute Gasteiger partial charge is 0.340 e. The van der Waals surface area contributed by atoms with Gasteiger partial charge in [0.1, 0.15) is 5.75 Å². The Kier molecular flexibility index (Phi) is 5.03. The Morgan fingerprint density at radius 3 is 2.71 bits per heavy atom. The summed E-state index contributed by atoms with van der Waals surface area (Å²) in [7, 11) is 0. The quantitative estimate of drug-likeness (QED) is 0.444. The first kappa shape index (κ1) is 15.2. The van der Waals surface area contributed by atoms with Crippen LogP contribution in [0, 0.1) is 0 Å². The van der Waals surface area contributed by atoms with Crippen molar-refractivity contribution in [2.45, 2.75) is 38.1 Å². The SMILES string of the molecule is Nc1ccc(O)cc1C(=O)OCC(=O)NC1CCCCC1. The Balaban J connectivity index is 1.82. The summed E-state index contributed by atoms with van der Waals surface area (Å²) in [4.78, 5) is 23.6. The van der Waals surface area contributed by atoms with Gasteiger partial charge >= 0.3 is 5.97 Å². The molecular formula is C15H20N2O4. The van der Waals surface area contributed by atoms with Crippen LogP contribution in [0.1, 0.15) is 42.5 Å². The Morgan fingerprint density at radius 1 is 1.29 bits per heavy atom. The van der Waals surface area contributed by atoms with Crippen molar-refractivity contribution in [1.29, 1.82) is 0 Å². The minimum atomic E-state index is -0.720. The number of hydrogen-bond donors (Lipinski definition) is 3. The first-order valence-electron chi connectivity index (χ1n) is 7.11. The lowest BCUT2D eigenvalue weighted by molar-refractivity contribution is -0.125. The first-order chi connectivity index (χ1) is 10.1. The summed E-state index contributed by atoms with van der Waals surface area (Å²) in [6, 6.07) is 4.18. The number of carbonyl (C=O) groups is 2. The molecule has 0 spiro atoms. The van der Waals surface area contributed by atoms with E-state index in [2.05, 4.69) is 5.32 Å². The molecule has 4 N–H and O–H groups in total. The van der Waals surface area contributed by atoms with Crippen LogP contribution < -0.4 is 11.1 Å². The van der Waals surface area contributed by atoms with Gasteiger partial charge in [0.15, 0.2) is 6.61 Å². The highest BCUT2D eigenvalue weighted by atomic mass is 16.5. The van der Waals surface area contributed by atoms with Crippen molar-refractivity contribution in [2.24, 2.45) is 0 Å². The standard InChI is InChI=1S/C15H20N2O4/c16-13-7-6-11(18)8-12(13)15(20)21-9-14(19)17-10-4-2-1-3-5-10/h6-8,10,18H,1-5,9,16H2,(H,17,19). The lowest BCUT2D eigenvalue weighted by atomic mass is 9.95. The zero-order valence-electron chi connectivity index (χ0n) is 11.8. The zero-order chi connectivity index (χ0) is 15.2. The number of anilines is 1.